The highest BCUT2D eigenvalue weighted by atomic mass is 79.9. The van der Waals surface area contributed by atoms with E-state index in [4.69, 9.17) is 0 Å². The lowest BCUT2D eigenvalue weighted by molar-refractivity contribution is -0.137. The van der Waals surface area contributed by atoms with Crippen molar-refractivity contribution in [3.05, 3.63) is 33.8 Å². The number of alkyl halides is 3. The molecule has 0 aliphatic rings. The third kappa shape index (κ3) is 3.34. The second kappa shape index (κ2) is 4.35. The van der Waals surface area contributed by atoms with Gasteiger partial charge < -0.3 is 0 Å². The van der Waals surface area contributed by atoms with E-state index in [0.717, 1.165) is 12.1 Å². The molecule has 0 N–H and O–H groups in total. The third-order valence-electron chi connectivity index (χ3n) is 1.82. The summed E-state index contributed by atoms with van der Waals surface area (Å²) in [4.78, 5) is 10.8. The van der Waals surface area contributed by atoms with Gasteiger partial charge in [0, 0.05) is 10.9 Å². The fraction of sp³-hybridized carbons (Fsp3) is 0.300. The molecule has 0 bridgehead atoms. The average Bonchev–Trinajstić information content (AvgIpc) is 2.05. The monoisotopic (exact) mass is 280 g/mol. The van der Waals surface area contributed by atoms with E-state index in [2.05, 4.69) is 15.9 Å². The maximum Gasteiger partial charge on any atom is 0.416 e. The van der Waals surface area contributed by atoms with Gasteiger partial charge in [-0.05, 0) is 24.6 Å². The summed E-state index contributed by atoms with van der Waals surface area (Å²) < 4.78 is 37.1. The largest absolute Gasteiger partial charge is 0.416 e. The number of carbonyl (C=O) groups excluding carboxylic acids is 1. The number of halogens is 4. The Morgan fingerprint density at radius 3 is 2.40 bits per heavy atom. The van der Waals surface area contributed by atoms with Gasteiger partial charge in [0.25, 0.3) is 0 Å². The van der Waals surface area contributed by atoms with Gasteiger partial charge in [-0.25, -0.2) is 0 Å². The summed E-state index contributed by atoms with van der Waals surface area (Å²) in [6.45, 7) is 1.39. The maximum absolute atomic E-state index is 12.3. The predicted molar refractivity (Wildman–Crippen MR) is 53.5 cm³/mol. The summed E-state index contributed by atoms with van der Waals surface area (Å²) in [6.07, 6.45) is -4.21. The van der Waals surface area contributed by atoms with Crippen molar-refractivity contribution < 1.29 is 18.0 Å². The number of hydrogen-bond donors (Lipinski definition) is 0. The molecular weight excluding hydrogens is 273 g/mol. The van der Waals surface area contributed by atoms with E-state index >= 15 is 0 Å². The van der Waals surface area contributed by atoms with Crippen molar-refractivity contribution in [1.82, 2.24) is 0 Å². The molecule has 0 saturated carbocycles. The number of hydrogen-bond acceptors (Lipinski definition) is 1. The van der Waals surface area contributed by atoms with Gasteiger partial charge in [-0.2, -0.15) is 13.2 Å². The minimum absolute atomic E-state index is 0.0875. The minimum Gasteiger partial charge on any atom is -0.300 e. The molecule has 0 spiro atoms. The van der Waals surface area contributed by atoms with Crippen molar-refractivity contribution in [2.75, 3.05) is 0 Å². The van der Waals surface area contributed by atoms with Gasteiger partial charge in [0.2, 0.25) is 0 Å². The van der Waals surface area contributed by atoms with Crippen molar-refractivity contribution in [2.24, 2.45) is 0 Å². The quantitative estimate of drug-likeness (QED) is 0.809. The fourth-order valence-corrected chi connectivity index (χ4v) is 1.65. The zero-order chi connectivity index (χ0) is 11.6. The highest BCUT2D eigenvalue weighted by Gasteiger charge is 2.30. The minimum atomic E-state index is -4.35. The molecule has 1 rings (SSSR count). The van der Waals surface area contributed by atoms with Gasteiger partial charge >= 0.3 is 6.18 Å². The molecular formula is C10H8BrF3O. The molecule has 0 aliphatic carbocycles. The van der Waals surface area contributed by atoms with Crippen molar-refractivity contribution in [3.63, 3.8) is 0 Å². The lowest BCUT2D eigenvalue weighted by atomic mass is 10.1. The lowest BCUT2D eigenvalue weighted by Gasteiger charge is -2.09. The topological polar surface area (TPSA) is 17.1 Å². The number of carbonyl (C=O) groups is 1. The van der Waals surface area contributed by atoms with Gasteiger partial charge in [0.05, 0.1) is 5.56 Å². The SMILES string of the molecule is CC(=O)Cc1ccc(C(F)(F)F)cc1Br. The Balaban J connectivity index is 3.03. The standard InChI is InChI=1S/C10H8BrF3O/c1-6(15)4-7-2-3-8(5-9(7)11)10(12,13)14/h2-3,5H,4H2,1H3. The van der Waals surface area contributed by atoms with E-state index in [9.17, 15) is 18.0 Å². The van der Waals surface area contributed by atoms with Crippen LogP contribution in [0.5, 0.6) is 0 Å². The van der Waals surface area contributed by atoms with E-state index in [-0.39, 0.29) is 12.2 Å². The molecule has 5 heteroatoms. The summed E-state index contributed by atoms with van der Waals surface area (Å²) in [5.41, 5.74) is -0.155. The Morgan fingerprint density at radius 2 is 2.00 bits per heavy atom. The van der Waals surface area contributed by atoms with Crippen LogP contribution in [0.4, 0.5) is 13.2 Å². The summed E-state index contributed by atoms with van der Waals surface area (Å²) >= 11 is 3.02. The van der Waals surface area contributed by atoms with Gasteiger partial charge in [0.1, 0.15) is 5.78 Å². The summed E-state index contributed by atoms with van der Waals surface area (Å²) in [6, 6.07) is 3.27. The van der Waals surface area contributed by atoms with E-state index in [0.29, 0.717) is 10.0 Å². The predicted octanol–water partition coefficient (Wildman–Crippen LogP) is 3.60. The molecule has 82 valence electrons. The Labute approximate surface area is 93.4 Å². The molecule has 0 radical (unpaired) electrons. The molecule has 0 fully saturated rings. The van der Waals surface area contributed by atoms with Crippen LogP contribution in [0, 0.1) is 0 Å². The normalized spacial score (nSPS) is 11.5. The Bertz CT molecular complexity index is 385. The van der Waals surface area contributed by atoms with Gasteiger partial charge in [-0.1, -0.05) is 22.0 Å². The van der Waals surface area contributed by atoms with Crippen LogP contribution in [-0.4, -0.2) is 5.78 Å². The summed E-state index contributed by atoms with van der Waals surface area (Å²) in [5, 5.41) is 0. The first-order valence-corrected chi connectivity index (χ1v) is 4.95. The third-order valence-corrected chi connectivity index (χ3v) is 2.56. The van der Waals surface area contributed by atoms with Gasteiger partial charge in [-0.15, -0.1) is 0 Å². The van der Waals surface area contributed by atoms with Gasteiger partial charge in [0.15, 0.2) is 0 Å². The van der Waals surface area contributed by atoms with Crippen molar-refractivity contribution in [3.8, 4) is 0 Å². The molecule has 0 aromatic heterocycles. The molecule has 0 heterocycles. The van der Waals surface area contributed by atoms with E-state index in [1.54, 1.807) is 0 Å². The number of ketones is 1. The molecule has 0 unspecified atom stereocenters. The molecule has 0 saturated heterocycles. The van der Waals surface area contributed by atoms with Crippen LogP contribution < -0.4 is 0 Å². The van der Waals surface area contributed by atoms with Crippen molar-refractivity contribution in [1.29, 1.82) is 0 Å². The second-order valence-electron chi connectivity index (χ2n) is 3.18. The zero-order valence-electron chi connectivity index (χ0n) is 7.86. The second-order valence-corrected chi connectivity index (χ2v) is 4.04. The number of benzene rings is 1. The van der Waals surface area contributed by atoms with Crippen LogP contribution in [0.15, 0.2) is 22.7 Å². The Kier molecular flexibility index (Phi) is 3.54. The first kappa shape index (κ1) is 12.2. The molecule has 0 amide bonds. The van der Waals surface area contributed by atoms with E-state index < -0.39 is 11.7 Å². The maximum atomic E-state index is 12.3. The van der Waals surface area contributed by atoms with Crippen LogP contribution in [0.2, 0.25) is 0 Å². The van der Waals surface area contributed by atoms with Crippen molar-refractivity contribution in [2.45, 2.75) is 19.5 Å². The molecule has 15 heavy (non-hydrogen) atoms. The summed E-state index contributed by atoms with van der Waals surface area (Å²) in [7, 11) is 0. The highest BCUT2D eigenvalue weighted by Crippen LogP contribution is 2.32. The molecule has 1 nitrogen and oxygen atoms in total. The van der Waals surface area contributed by atoms with Crippen molar-refractivity contribution >= 4 is 21.7 Å². The molecule has 1 aromatic rings. The zero-order valence-corrected chi connectivity index (χ0v) is 9.45. The Morgan fingerprint density at radius 1 is 1.40 bits per heavy atom. The fourth-order valence-electron chi connectivity index (χ4n) is 1.14. The Hall–Kier alpha value is -0.840. The average molecular weight is 281 g/mol. The smallest absolute Gasteiger partial charge is 0.300 e. The van der Waals surface area contributed by atoms with Crippen LogP contribution in [0.25, 0.3) is 0 Å². The molecule has 0 aliphatic heterocycles. The van der Waals surface area contributed by atoms with E-state index in [1.807, 2.05) is 0 Å². The van der Waals surface area contributed by atoms with Gasteiger partial charge in [-0.3, -0.25) is 4.79 Å². The van der Waals surface area contributed by atoms with E-state index in [1.165, 1.54) is 13.0 Å². The molecule has 0 atom stereocenters. The first-order valence-electron chi connectivity index (χ1n) is 4.16. The van der Waals surface area contributed by atoms with Crippen LogP contribution in [-0.2, 0) is 17.4 Å². The van der Waals surface area contributed by atoms with Crippen LogP contribution in [0.1, 0.15) is 18.1 Å². The molecule has 1 aromatic carbocycles. The first-order chi connectivity index (χ1) is 6.80. The highest BCUT2D eigenvalue weighted by molar-refractivity contribution is 9.10. The number of rotatable bonds is 2. The lowest BCUT2D eigenvalue weighted by Crippen LogP contribution is -2.06. The summed E-state index contributed by atoms with van der Waals surface area (Å²) in [5.74, 6) is -0.0875. The number of Topliss-reactive ketones (excluding diaryl/α,β-unsaturated/α-hetero) is 1. The van der Waals surface area contributed by atoms with Crippen LogP contribution in [0.3, 0.4) is 0 Å². The van der Waals surface area contributed by atoms with Crippen LogP contribution >= 0.6 is 15.9 Å².